The molecule has 18 heavy (non-hydrogen) atoms. The first-order chi connectivity index (χ1) is 8.42. The van der Waals surface area contributed by atoms with Crippen LogP contribution in [0.2, 0.25) is 5.15 Å². The summed E-state index contributed by atoms with van der Waals surface area (Å²) in [5, 5.41) is -0.0430. The standard InChI is InChI=1S/C10H16ClN3O3S/c1-7(8-4-3-5-17-8)13-18(15,16)10-9(11)14(2)6-12-10/h6-8,13H,3-5H2,1-2H3/t7-,8+/m0/s1. The van der Waals surface area contributed by atoms with Crippen molar-refractivity contribution in [1.82, 2.24) is 14.3 Å². The third-order valence-electron chi connectivity index (χ3n) is 2.95. The van der Waals surface area contributed by atoms with E-state index in [1.165, 1.54) is 10.9 Å². The lowest BCUT2D eigenvalue weighted by Crippen LogP contribution is -2.41. The molecule has 0 saturated carbocycles. The van der Waals surface area contributed by atoms with Crippen LogP contribution in [0.1, 0.15) is 19.8 Å². The zero-order valence-electron chi connectivity index (χ0n) is 10.3. The molecule has 0 unspecified atom stereocenters. The minimum absolute atomic E-state index is 0.0812. The highest BCUT2D eigenvalue weighted by Crippen LogP contribution is 2.21. The number of hydrogen-bond donors (Lipinski definition) is 1. The maximum atomic E-state index is 12.1. The fourth-order valence-electron chi connectivity index (χ4n) is 1.95. The van der Waals surface area contributed by atoms with Gasteiger partial charge in [-0.15, -0.1) is 0 Å². The van der Waals surface area contributed by atoms with Crippen molar-refractivity contribution in [2.24, 2.45) is 7.05 Å². The molecule has 0 aliphatic carbocycles. The van der Waals surface area contributed by atoms with Gasteiger partial charge >= 0.3 is 0 Å². The molecule has 0 aromatic carbocycles. The van der Waals surface area contributed by atoms with Crippen molar-refractivity contribution in [2.75, 3.05) is 6.61 Å². The van der Waals surface area contributed by atoms with E-state index in [1.807, 2.05) is 0 Å². The summed E-state index contributed by atoms with van der Waals surface area (Å²) in [7, 11) is -2.06. The minimum Gasteiger partial charge on any atom is -0.377 e. The Balaban J connectivity index is 2.14. The Labute approximate surface area is 111 Å². The molecule has 2 atom stereocenters. The molecule has 1 aromatic heterocycles. The van der Waals surface area contributed by atoms with Gasteiger partial charge in [0.25, 0.3) is 10.0 Å². The summed E-state index contributed by atoms with van der Waals surface area (Å²) < 4.78 is 33.7. The second-order valence-electron chi connectivity index (χ2n) is 4.41. The number of nitrogens with zero attached hydrogens (tertiary/aromatic N) is 2. The van der Waals surface area contributed by atoms with Crippen molar-refractivity contribution in [3.63, 3.8) is 0 Å². The van der Waals surface area contributed by atoms with Crippen molar-refractivity contribution >= 4 is 21.6 Å². The quantitative estimate of drug-likeness (QED) is 0.896. The normalized spacial score (nSPS) is 22.3. The Kier molecular flexibility index (Phi) is 3.96. The topological polar surface area (TPSA) is 73.2 Å². The van der Waals surface area contributed by atoms with E-state index in [4.69, 9.17) is 16.3 Å². The Bertz CT molecular complexity index is 522. The van der Waals surface area contributed by atoms with Crippen molar-refractivity contribution in [3.8, 4) is 0 Å². The summed E-state index contributed by atoms with van der Waals surface area (Å²) in [6.45, 7) is 2.46. The van der Waals surface area contributed by atoms with E-state index in [2.05, 4.69) is 9.71 Å². The van der Waals surface area contributed by atoms with E-state index < -0.39 is 10.0 Å². The predicted molar refractivity (Wildman–Crippen MR) is 67.0 cm³/mol. The lowest BCUT2D eigenvalue weighted by molar-refractivity contribution is 0.0902. The van der Waals surface area contributed by atoms with Crippen LogP contribution < -0.4 is 4.72 Å². The molecule has 1 saturated heterocycles. The van der Waals surface area contributed by atoms with Crippen LogP contribution in [0.4, 0.5) is 0 Å². The van der Waals surface area contributed by atoms with Crippen LogP contribution in [-0.4, -0.2) is 36.7 Å². The number of ether oxygens (including phenoxy) is 1. The maximum Gasteiger partial charge on any atom is 0.261 e. The first-order valence-electron chi connectivity index (χ1n) is 5.72. The van der Waals surface area contributed by atoms with Crippen LogP contribution in [-0.2, 0) is 21.8 Å². The summed E-state index contributed by atoms with van der Waals surface area (Å²) in [4.78, 5) is 3.81. The van der Waals surface area contributed by atoms with Crippen LogP contribution in [0.5, 0.6) is 0 Å². The van der Waals surface area contributed by atoms with Crippen LogP contribution >= 0.6 is 11.6 Å². The summed E-state index contributed by atoms with van der Waals surface area (Å²) in [5.74, 6) is 0. The molecule has 6 nitrogen and oxygen atoms in total. The molecule has 1 aliphatic rings. The van der Waals surface area contributed by atoms with Crippen molar-refractivity contribution in [2.45, 2.75) is 36.9 Å². The van der Waals surface area contributed by atoms with Crippen LogP contribution in [0.25, 0.3) is 0 Å². The summed E-state index contributed by atoms with van der Waals surface area (Å²) in [6.07, 6.45) is 3.11. The molecular formula is C10H16ClN3O3S. The molecule has 1 N–H and O–H groups in total. The van der Waals surface area contributed by atoms with Crippen LogP contribution in [0.3, 0.4) is 0 Å². The highest BCUT2D eigenvalue weighted by atomic mass is 35.5. The molecule has 1 aliphatic heterocycles. The van der Waals surface area contributed by atoms with Gasteiger partial charge in [-0.05, 0) is 19.8 Å². The van der Waals surface area contributed by atoms with E-state index in [-0.39, 0.29) is 22.3 Å². The van der Waals surface area contributed by atoms with E-state index in [0.717, 1.165) is 12.8 Å². The number of hydrogen-bond acceptors (Lipinski definition) is 4. The highest BCUT2D eigenvalue weighted by Gasteiger charge is 2.29. The first kappa shape index (κ1) is 13.8. The summed E-state index contributed by atoms with van der Waals surface area (Å²) >= 11 is 5.89. The molecular weight excluding hydrogens is 278 g/mol. The van der Waals surface area contributed by atoms with Crippen molar-refractivity contribution < 1.29 is 13.2 Å². The minimum atomic E-state index is -3.70. The van der Waals surface area contributed by atoms with Gasteiger partial charge in [0, 0.05) is 19.7 Å². The average Bonchev–Trinajstić information content (AvgIpc) is 2.89. The maximum absolute atomic E-state index is 12.1. The molecule has 2 rings (SSSR count). The van der Waals surface area contributed by atoms with E-state index in [9.17, 15) is 8.42 Å². The van der Waals surface area contributed by atoms with Gasteiger partial charge in [0.1, 0.15) is 5.15 Å². The van der Waals surface area contributed by atoms with Crippen LogP contribution in [0.15, 0.2) is 11.4 Å². The first-order valence-corrected chi connectivity index (χ1v) is 7.58. The lowest BCUT2D eigenvalue weighted by Gasteiger charge is -2.19. The second-order valence-corrected chi connectivity index (χ2v) is 6.40. The number of imidazole rings is 1. The van der Waals surface area contributed by atoms with Crippen molar-refractivity contribution in [1.29, 1.82) is 0 Å². The van der Waals surface area contributed by atoms with E-state index in [0.29, 0.717) is 6.61 Å². The molecule has 2 heterocycles. The van der Waals surface area contributed by atoms with Gasteiger partial charge in [0.2, 0.25) is 5.03 Å². The van der Waals surface area contributed by atoms with Gasteiger partial charge in [0.15, 0.2) is 0 Å². The van der Waals surface area contributed by atoms with Gasteiger partial charge in [-0.3, -0.25) is 0 Å². The lowest BCUT2D eigenvalue weighted by atomic mass is 10.1. The van der Waals surface area contributed by atoms with Gasteiger partial charge in [-0.1, -0.05) is 11.6 Å². The zero-order chi connectivity index (χ0) is 13.3. The largest absolute Gasteiger partial charge is 0.377 e. The van der Waals surface area contributed by atoms with Gasteiger partial charge in [-0.25, -0.2) is 18.1 Å². The second kappa shape index (κ2) is 5.16. The predicted octanol–water partition coefficient (Wildman–Crippen LogP) is 0.919. The molecule has 0 bridgehead atoms. The van der Waals surface area contributed by atoms with Gasteiger partial charge in [-0.2, -0.15) is 0 Å². The summed E-state index contributed by atoms with van der Waals surface area (Å²) in [6, 6.07) is -0.296. The smallest absolute Gasteiger partial charge is 0.261 e. The fourth-order valence-corrected chi connectivity index (χ4v) is 3.65. The van der Waals surface area contributed by atoms with Gasteiger partial charge < -0.3 is 9.30 Å². The van der Waals surface area contributed by atoms with E-state index >= 15 is 0 Å². The third-order valence-corrected chi connectivity index (χ3v) is 5.00. The fraction of sp³-hybridized carbons (Fsp3) is 0.700. The average molecular weight is 294 g/mol. The Morgan fingerprint density at radius 1 is 1.67 bits per heavy atom. The molecule has 0 spiro atoms. The molecule has 102 valence electrons. The Morgan fingerprint density at radius 3 is 2.89 bits per heavy atom. The van der Waals surface area contributed by atoms with Crippen molar-refractivity contribution in [3.05, 3.63) is 11.5 Å². The molecule has 0 amide bonds. The third kappa shape index (κ3) is 2.69. The highest BCUT2D eigenvalue weighted by molar-refractivity contribution is 7.89. The van der Waals surface area contributed by atoms with Gasteiger partial charge in [0.05, 0.1) is 12.4 Å². The number of sulfonamides is 1. The molecule has 0 radical (unpaired) electrons. The number of aromatic nitrogens is 2. The Morgan fingerprint density at radius 2 is 2.39 bits per heavy atom. The SMILES string of the molecule is C[C@H](NS(=O)(=O)c1ncn(C)c1Cl)[C@H]1CCCO1. The number of nitrogens with one attached hydrogen (secondary N) is 1. The van der Waals surface area contributed by atoms with Crippen LogP contribution in [0, 0.1) is 0 Å². The number of halogens is 1. The molecule has 8 heteroatoms. The summed E-state index contributed by atoms with van der Waals surface area (Å²) in [5.41, 5.74) is 0. The van der Waals surface area contributed by atoms with E-state index in [1.54, 1.807) is 14.0 Å². The monoisotopic (exact) mass is 293 g/mol. The molecule has 1 aromatic rings. The Hall–Kier alpha value is -0.630. The molecule has 1 fully saturated rings. The number of aryl methyl sites for hydroxylation is 1. The zero-order valence-corrected chi connectivity index (χ0v) is 11.8. The number of rotatable bonds is 4.